The smallest absolute Gasteiger partial charge is 1.00 e. The van der Waals surface area contributed by atoms with Crippen molar-refractivity contribution in [3.05, 3.63) is 59.7 Å². The number of rotatable bonds is 3. The molecule has 0 unspecified atom stereocenters. The molecule has 0 amide bonds. The molecule has 0 aromatic heterocycles. The summed E-state index contributed by atoms with van der Waals surface area (Å²) in [6, 6.07) is 12.3. The van der Waals surface area contributed by atoms with E-state index in [1.54, 1.807) is 0 Å². The molecule has 2 rings (SSSR count). The quantitative estimate of drug-likeness (QED) is 0.580. The number of hydrogen-bond acceptors (Lipinski definition) is 0. The number of aryl methyl sites for hydroxylation is 1. The van der Waals surface area contributed by atoms with E-state index in [4.69, 9.17) is 0 Å². The molecule has 0 bridgehead atoms. The van der Waals surface area contributed by atoms with Crippen LogP contribution >= 0.6 is 0 Å². The van der Waals surface area contributed by atoms with Crippen molar-refractivity contribution in [3.8, 4) is 11.1 Å². The number of halogens is 3. The molecule has 0 radical (unpaired) electrons. The van der Waals surface area contributed by atoms with Gasteiger partial charge in [-0.3, -0.25) is 0 Å². The van der Waals surface area contributed by atoms with Gasteiger partial charge in [-0.1, -0.05) is 37.6 Å². The minimum Gasteiger partial charge on any atom is -1.00 e. The average molecular weight is 335 g/mol. The second kappa shape index (κ2) is 8.66. The Bertz CT molecular complexity index is 492. The van der Waals surface area contributed by atoms with Crippen LogP contribution in [0.1, 0.15) is 18.9 Å². The van der Waals surface area contributed by atoms with Gasteiger partial charge in [-0.15, -0.1) is 23.8 Å². The maximum atomic E-state index is 13.0. The molecular weight excluding hydrogens is 322 g/mol. The first-order chi connectivity index (χ1) is 8.19. The molecule has 0 aliphatic carbocycles. The topological polar surface area (TPSA) is 0 Å². The summed E-state index contributed by atoms with van der Waals surface area (Å²) in [5, 5.41) is 0. The molecule has 0 fully saturated rings. The monoisotopic (exact) mass is 334 g/mol. The molecule has 0 heterocycles. The second-order valence-electron chi connectivity index (χ2n) is 4.01. The number of hydrogen-bond donors (Lipinski definition) is 0. The van der Waals surface area contributed by atoms with Crippen LogP contribution in [0.5, 0.6) is 0 Å². The molecule has 0 nitrogen and oxygen atoms in total. The SMILES string of the molecule is CCCc1ccc(-c2cc(F)[c-]c(F)c2)cc1.[Br-].[Mg+2]. The third kappa shape index (κ3) is 5.20. The molecule has 96 valence electrons. The summed E-state index contributed by atoms with van der Waals surface area (Å²) in [4.78, 5) is 0. The van der Waals surface area contributed by atoms with Crippen molar-refractivity contribution < 1.29 is 25.8 Å². The van der Waals surface area contributed by atoms with E-state index >= 15 is 0 Å². The van der Waals surface area contributed by atoms with Crippen molar-refractivity contribution in [1.82, 2.24) is 0 Å². The summed E-state index contributed by atoms with van der Waals surface area (Å²) in [6.45, 7) is 2.12. The van der Waals surface area contributed by atoms with Crippen LogP contribution in [0.15, 0.2) is 36.4 Å². The van der Waals surface area contributed by atoms with Gasteiger partial charge in [0.2, 0.25) is 0 Å². The molecule has 0 spiro atoms. The van der Waals surface area contributed by atoms with Crippen LogP contribution in [0.25, 0.3) is 11.1 Å². The predicted octanol–water partition coefficient (Wildman–Crippen LogP) is 1.01. The first kappa shape index (κ1) is 18.5. The van der Waals surface area contributed by atoms with Crippen molar-refractivity contribution in [2.75, 3.05) is 0 Å². The van der Waals surface area contributed by atoms with Crippen LogP contribution in [0, 0.1) is 17.7 Å². The average Bonchev–Trinajstić information content (AvgIpc) is 2.29. The van der Waals surface area contributed by atoms with E-state index in [2.05, 4.69) is 6.92 Å². The zero-order chi connectivity index (χ0) is 12.3. The van der Waals surface area contributed by atoms with Crippen LogP contribution in [-0.4, -0.2) is 23.1 Å². The summed E-state index contributed by atoms with van der Waals surface area (Å²) >= 11 is 0. The maximum absolute atomic E-state index is 13.0. The Morgan fingerprint density at radius 1 is 0.947 bits per heavy atom. The van der Waals surface area contributed by atoms with E-state index in [0.717, 1.165) is 18.4 Å². The standard InChI is InChI=1S/C15H13F2.BrH.Mg/c1-2-3-11-4-6-12(7-5-11)13-8-14(16)10-15(17)9-13;;/h4-9H,2-3H2,1H3;1H;/q-1;;+2/p-1. The van der Waals surface area contributed by atoms with Gasteiger partial charge in [-0.25, -0.2) is 8.78 Å². The van der Waals surface area contributed by atoms with Gasteiger partial charge in [0.1, 0.15) is 0 Å². The molecular formula is C15H13BrF2Mg. The Labute approximate surface area is 139 Å². The molecule has 2 aromatic rings. The Balaban J connectivity index is 0.00000162. The molecule has 0 saturated carbocycles. The molecule has 0 N–H and O–H groups in total. The second-order valence-corrected chi connectivity index (χ2v) is 4.01. The Hall–Kier alpha value is -0.454. The molecule has 2 aromatic carbocycles. The fraction of sp³-hybridized carbons (Fsp3) is 0.200. The Kier molecular flexibility index (Phi) is 8.46. The third-order valence-electron chi connectivity index (χ3n) is 2.63. The van der Waals surface area contributed by atoms with Crippen molar-refractivity contribution in [3.63, 3.8) is 0 Å². The zero-order valence-electron chi connectivity index (χ0n) is 10.7. The molecule has 19 heavy (non-hydrogen) atoms. The predicted molar refractivity (Wildman–Crippen MR) is 70.4 cm³/mol. The molecule has 0 aliphatic heterocycles. The van der Waals surface area contributed by atoms with Crippen LogP contribution in [0.4, 0.5) is 8.78 Å². The van der Waals surface area contributed by atoms with Crippen LogP contribution in [0.2, 0.25) is 0 Å². The van der Waals surface area contributed by atoms with E-state index in [1.165, 1.54) is 17.7 Å². The zero-order valence-corrected chi connectivity index (χ0v) is 13.7. The minimum atomic E-state index is -0.669. The van der Waals surface area contributed by atoms with Crippen molar-refractivity contribution in [2.45, 2.75) is 19.8 Å². The van der Waals surface area contributed by atoms with Crippen LogP contribution < -0.4 is 17.0 Å². The fourth-order valence-corrected chi connectivity index (χ4v) is 1.82. The summed E-state index contributed by atoms with van der Waals surface area (Å²) in [7, 11) is 0. The molecule has 0 saturated heterocycles. The fourth-order valence-electron chi connectivity index (χ4n) is 1.82. The largest absolute Gasteiger partial charge is 2.00 e. The van der Waals surface area contributed by atoms with Gasteiger partial charge >= 0.3 is 23.1 Å². The van der Waals surface area contributed by atoms with Gasteiger partial charge < -0.3 is 17.0 Å². The normalized spacial score (nSPS) is 9.42. The van der Waals surface area contributed by atoms with E-state index in [1.807, 2.05) is 30.3 Å². The van der Waals surface area contributed by atoms with Crippen molar-refractivity contribution in [1.29, 1.82) is 0 Å². The summed E-state index contributed by atoms with van der Waals surface area (Å²) in [5.41, 5.74) is 2.60. The van der Waals surface area contributed by atoms with E-state index < -0.39 is 11.6 Å². The molecule has 4 heteroatoms. The summed E-state index contributed by atoms with van der Waals surface area (Å²) in [6.07, 6.45) is 2.11. The first-order valence-corrected chi connectivity index (χ1v) is 5.66. The maximum Gasteiger partial charge on any atom is 2.00 e. The van der Waals surface area contributed by atoms with Gasteiger partial charge in [0.25, 0.3) is 0 Å². The van der Waals surface area contributed by atoms with E-state index in [-0.39, 0.29) is 40.0 Å². The molecule has 0 aliphatic rings. The van der Waals surface area contributed by atoms with Gasteiger partial charge in [0.15, 0.2) is 0 Å². The summed E-state index contributed by atoms with van der Waals surface area (Å²) < 4.78 is 26.0. The van der Waals surface area contributed by atoms with E-state index in [9.17, 15) is 8.78 Å². The van der Waals surface area contributed by atoms with Crippen molar-refractivity contribution in [2.24, 2.45) is 0 Å². The first-order valence-electron chi connectivity index (χ1n) is 5.66. The van der Waals surface area contributed by atoms with Gasteiger partial charge in [-0.2, -0.15) is 0 Å². The van der Waals surface area contributed by atoms with E-state index in [0.29, 0.717) is 5.56 Å². The Morgan fingerprint density at radius 3 is 1.95 bits per heavy atom. The third-order valence-corrected chi connectivity index (χ3v) is 2.63. The minimum absolute atomic E-state index is 0. The van der Waals surface area contributed by atoms with Crippen LogP contribution in [-0.2, 0) is 6.42 Å². The molecule has 0 atom stereocenters. The Morgan fingerprint density at radius 2 is 1.47 bits per heavy atom. The van der Waals surface area contributed by atoms with Gasteiger partial charge in [0.05, 0.1) is 0 Å². The van der Waals surface area contributed by atoms with Crippen molar-refractivity contribution >= 4 is 23.1 Å². The summed E-state index contributed by atoms with van der Waals surface area (Å²) in [5.74, 6) is -1.34. The van der Waals surface area contributed by atoms with Gasteiger partial charge in [-0.05, 0) is 17.5 Å². The number of benzene rings is 2. The van der Waals surface area contributed by atoms with Crippen LogP contribution in [0.3, 0.4) is 0 Å². The van der Waals surface area contributed by atoms with Gasteiger partial charge in [0, 0.05) is 11.6 Å².